The van der Waals surface area contributed by atoms with Crippen LogP contribution in [0, 0.1) is 5.92 Å². The second-order valence-corrected chi connectivity index (χ2v) is 7.44. The number of nitrogens with zero attached hydrogens (tertiary/aromatic N) is 1. The van der Waals surface area contributed by atoms with Gasteiger partial charge in [0.25, 0.3) is 5.91 Å². The van der Waals surface area contributed by atoms with Crippen molar-refractivity contribution in [1.29, 1.82) is 0 Å². The van der Waals surface area contributed by atoms with Crippen molar-refractivity contribution in [3.63, 3.8) is 0 Å². The van der Waals surface area contributed by atoms with Crippen molar-refractivity contribution in [3.05, 3.63) is 29.8 Å². The van der Waals surface area contributed by atoms with Gasteiger partial charge < -0.3 is 16.0 Å². The highest BCUT2D eigenvalue weighted by Crippen LogP contribution is 2.16. The molecular formula is C17H26ClN3O2S. The van der Waals surface area contributed by atoms with Crippen molar-refractivity contribution in [3.8, 4) is 0 Å². The SMILES string of the molecule is CC(C)C[C@H](N)C(=O)Nc1cccc(C(=O)N2CCSCC2)c1.Cl. The van der Waals surface area contributed by atoms with E-state index in [0.29, 0.717) is 23.6 Å². The molecule has 0 unspecified atom stereocenters. The summed E-state index contributed by atoms with van der Waals surface area (Å²) in [5.41, 5.74) is 7.11. The quantitative estimate of drug-likeness (QED) is 0.834. The minimum absolute atomic E-state index is 0. The number of hydrogen-bond acceptors (Lipinski definition) is 4. The van der Waals surface area contributed by atoms with E-state index in [1.54, 1.807) is 24.3 Å². The van der Waals surface area contributed by atoms with E-state index in [9.17, 15) is 9.59 Å². The highest BCUT2D eigenvalue weighted by molar-refractivity contribution is 7.99. The molecule has 1 aromatic carbocycles. The van der Waals surface area contributed by atoms with E-state index >= 15 is 0 Å². The fourth-order valence-electron chi connectivity index (χ4n) is 2.53. The Morgan fingerprint density at radius 2 is 1.96 bits per heavy atom. The molecule has 1 atom stereocenters. The first-order valence-electron chi connectivity index (χ1n) is 8.01. The van der Waals surface area contributed by atoms with Gasteiger partial charge in [-0.3, -0.25) is 9.59 Å². The Bertz CT molecular complexity index is 563. The first-order chi connectivity index (χ1) is 11.0. The van der Waals surface area contributed by atoms with E-state index in [4.69, 9.17) is 5.73 Å². The fourth-order valence-corrected chi connectivity index (χ4v) is 3.43. The van der Waals surface area contributed by atoms with E-state index in [1.807, 2.05) is 30.5 Å². The van der Waals surface area contributed by atoms with Crippen LogP contribution >= 0.6 is 24.2 Å². The second kappa shape index (κ2) is 9.91. The summed E-state index contributed by atoms with van der Waals surface area (Å²) >= 11 is 1.87. The fraction of sp³-hybridized carbons (Fsp3) is 0.529. The lowest BCUT2D eigenvalue weighted by atomic mass is 10.0. The molecule has 134 valence electrons. The molecule has 0 saturated carbocycles. The molecule has 1 fully saturated rings. The lowest BCUT2D eigenvalue weighted by molar-refractivity contribution is -0.117. The molecule has 0 radical (unpaired) electrons. The number of benzene rings is 1. The molecule has 1 heterocycles. The van der Waals surface area contributed by atoms with Gasteiger partial charge in [-0.15, -0.1) is 12.4 Å². The third-order valence-corrected chi connectivity index (χ3v) is 4.68. The van der Waals surface area contributed by atoms with E-state index in [2.05, 4.69) is 5.32 Å². The predicted octanol–water partition coefficient (Wildman–Crippen LogP) is 2.61. The molecule has 3 N–H and O–H groups in total. The topological polar surface area (TPSA) is 75.4 Å². The Labute approximate surface area is 154 Å². The maximum atomic E-state index is 12.5. The molecule has 2 rings (SSSR count). The zero-order valence-electron chi connectivity index (χ0n) is 14.2. The molecular weight excluding hydrogens is 346 g/mol. The molecule has 1 saturated heterocycles. The van der Waals surface area contributed by atoms with Gasteiger partial charge in [0, 0.05) is 35.8 Å². The number of carbonyl (C=O) groups excluding carboxylic acids is 2. The summed E-state index contributed by atoms with van der Waals surface area (Å²) in [6.45, 7) is 5.62. The van der Waals surface area contributed by atoms with Crippen LogP contribution in [0.4, 0.5) is 5.69 Å². The lowest BCUT2D eigenvalue weighted by Crippen LogP contribution is -2.38. The summed E-state index contributed by atoms with van der Waals surface area (Å²) < 4.78 is 0. The maximum absolute atomic E-state index is 12.5. The molecule has 0 spiro atoms. The zero-order chi connectivity index (χ0) is 16.8. The van der Waals surface area contributed by atoms with E-state index in [-0.39, 0.29) is 24.2 Å². The number of hydrogen-bond donors (Lipinski definition) is 2. The number of halogens is 1. The monoisotopic (exact) mass is 371 g/mol. The van der Waals surface area contributed by atoms with E-state index in [0.717, 1.165) is 24.6 Å². The van der Waals surface area contributed by atoms with Crippen LogP contribution in [0.1, 0.15) is 30.6 Å². The summed E-state index contributed by atoms with van der Waals surface area (Å²) in [5, 5.41) is 2.81. The molecule has 1 aliphatic rings. The number of anilines is 1. The highest BCUT2D eigenvalue weighted by atomic mass is 35.5. The first kappa shape index (κ1) is 20.8. The summed E-state index contributed by atoms with van der Waals surface area (Å²) in [5.74, 6) is 2.13. The second-order valence-electron chi connectivity index (χ2n) is 6.21. The van der Waals surface area contributed by atoms with Crippen molar-refractivity contribution in [2.45, 2.75) is 26.3 Å². The zero-order valence-corrected chi connectivity index (χ0v) is 15.8. The lowest BCUT2D eigenvalue weighted by Gasteiger charge is -2.26. The predicted molar refractivity (Wildman–Crippen MR) is 103 cm³/mol. The van der Waals surface area contributed by atoms with Crippen LogP contribution in [-0.2, 0) is 4.79 Å². The average molecular weight is 372 g/mol. The van der Waals surface area contributed by atoms with Gasteiger partial charge in [-0.25, -0.2) is 0 Å². The smallest absolute Gasteiger partial charge is 0.253 e. The Balaban J connectivity index is 0.00000288. The third kappa shape index (κ3) is 6.00. The van der Waals surface area contributed by atoms with Crippen LogP contribution < -0.4 is 11.1 Å². The number of rotatable bonds is 5. The van der Waals surface area contributed by atoms with Crippen LogP contribution in [0.15, 0.2) is 24.3 Å². The van der Waals surface area contributed by atoms with Crippen LogP contribution in [0.5, 0.6) is 0 Å². The summed E-state index contributed by atoms with van der Waals surface area (Å²) in [7, 11) is 0. The Hall–Kier alpha value is -1.24. The van der Waals surface area contributed by atoms with Crippen molar-refractivity contribution < 1.29 is 9.59 Å². The van der Waals surface area contributed by atoms with E-state index < -0.39 is 6.04 Å². The van der Waals surface area contributed by atoms with Gasteiger partial charge in [0.2, 0.25) is 5.91 Å². The van der Waals surface area contributed by atoms with Crippen LogP contribution in [0.25, 0.3) is 0 Å². The molecule has 0 bridgehead atoms. The van der Waals surface area contributed by atoms with Crippen molar-refractivity contribution in [1.82, 2.24) is 4.90 Å². The van der Waals surface area contributed by atoms with Crippen LogP contribution in [-0.4, -0.2) is 47.4 Å². The molecule has 1 aliphatic heterocycles. The Kier molecular flexibility index (Phi) is 8.59. The van der Waals surface area contributed by atoms with Crippen LogP contribution in [0.3, 0.4) is 0 Å². The van der Waals surface area contributed by atoms with Gasteiger partial charge in [-0.2, -0.15) is 11.8 Å². The normalized spacial score (nSPS) is 15.6. The number of nitrogens with one attached hydrogen (secondary N) is 1. The molecule has 0 aliphatic carbocycles. The van der Waals surface area contributed by atoms with Gasteiger partial charge in [-0.05, 0) is 30.5 Å². The number of carbonyl (C=O) groups is 2. The summed E-state index contributed by atoms with van der Waals surface area (Å²) in [4.78, 5) is 26.5. The van der Waals surface area contributed by atoms with Gasteiger partial charge in [-0.1, -0.05) is 19.9 Å². The molecule has 24 heavy (non-hydrogen) atoms. The summed E-state index contributed by atoms with van der Waals surface area (Å²) in [6.07, 6.45) is 0.635. The molecule has 1 aromatic rings. The van der Waals surface area contributed by atoms with Crippen molar-refractivity contribution >= 4 is 41.7 Å². The highest BCUT2D eigenvalue weighted by Gasteiger charge is 2.19. The average Bonchev–Trinajstić information content (AvgIpc) is 2.54. The molecule has 0 aromatic heterocycles. The Morgan fingerprint density at radius 3 is 2.58 bits per heavy atom. The molecule has 2 amide bonds. The molecule has 7 heteroatoms. The minimum Gasteiger partial charge on any atom is -0.337 e. The third-order valence-electron chi connectivity index (χ3n) is 3.74. The number of nitrogens with two attached hydrogens (primary N) is 1. The van der Waals surface area contributed by atoms with Crippen molar-refractivity contribution in [2.24, 2.45) is 11.7 Å². The minimum atomic E-state index is -0.534. The van der Waals surface area contributed by atoms with Gasteiger partial charge in [0.1, 0.15) is 0 Å². The summed E-state index contributed by atoms with van der Waals surface area (Å²) in [6, 6.07) is 6.55. The standard InChI is InChI=1S/C17H25N3O2S.ClH/c1-12(2)10-15(18)16(21)19-14-5-3-4-13(11-14)17(22)20-6-8-23-9-7-20;/h3-5,11-12,15H,6-10,18H2,1-2H3,(H,19,21);1H/t15-;/m0./s1. The van der Waals surface area contributed by atoms with Gasteiger partial charge in [0.15, 0.2) is 0 Å². The number of thioether (sulfide) groups is 1. The Morgan fingerprint density at radius 1 is 1.29 bits per heavy atom. The van der Waals surface area contributed by atoms with Gasteiger partial charge >= 0.3 is 0 Å². The van der Waals surface area contributed by atoms with Crippen LogP contribution in [0.2, 0.25) is 0 Å². The number of amides is 2. The van der Waals surface area contributed by atoms with Crippen molar-refractivity contribution in [2.75, 3.05) is 29.9 Å². The first-order valence-corrected chi connectivity index (χ1v) is 9.16. The largest absolute Gasteiger partial charge is 0.337 e. The maximum Gasteiger partial charge on any atom is 0.253 e. The van der Waals surface area contributed by atoms with E-state index in [1.165, 1.54) is 0 Å². The van der Waals surface area contributed by atoms with Gasteiger partial charge in [0.05, 0.1) is 6.04 Å². The molecule has 5 nitrogen and oxygen atoms in total.